The van der Waals surface area contributed by atoms with Crippen molar-refractivity contribution in [3.05, 3.63) is 78.4 Å². The van der Waals surface area contributed by atoms with E-state index >= 15 is 0 Å². The summed E-state index contributed by atoms with van der Waals surface area (Å²) in [5.74, 6) is -0.671. The molecule has 0 saturated carbocycles. The third-order valence-corrected chi connectivity index (χ3v) is 3.65. The first-order valence-corrected chi connectivity index (χ1v) is 7.02. The Kier molecular flexibility index (Phi) is 5.26. The number of rotatable bonds is 7. The Morgan fingerprint density at radius 2 is 1.73 bits per heavy atom. The highest BCUT2D eigenvalue weighted by molar-refractivity contribution is 6.06. The van der Waals surface area contributed by atoms with Gasteiger partial charge in [-0.2, -0.15) is 0 Å². The molecule has 112 valence electrons. The Labute approximate surface area is 130 Å². The summed E-state index contributed by atoms with van der Waals surface area (Å²) in [6.45, 7) is 3.78. The summed E-state index contributed by atoms with van der Waals surface area (Å²) in [6, 6.07) is 16.2. The molecule has 2 rings (SSSR count). The average molecular weight is 294 g/mol. The van der Waals surface area contributed by atoms with Gasteiger partial charge in [0, 0.05) is 11.5 Å². The predicted molar refractivity (Wildman–Crippen MR) is 86.3 cm³/mol. The number of hydrogen-bond acceptors (Lipinski definition) is 3. The number of hydrogen-bond donors (Lipinski definition) is 0. The Hall–Kier alpha value is -2.68. The van der Waals surface area contributed by atoms with Crippen molar-refractivity contribution in [3.63, 3.8) is 0 Å². The Morgan fingerprint density at radius 1 is 1.09 bits per heavy atom. The fourth-order valence-corrected chi connectivity index (χ4v) is 2.42. The lowest BCUT2D eigenvalue weighted by Crippen LogP contribution is -2.23. The standard InChI is InChI=1S/C19H18O3/c1-3-17(14-7-5-4-6-8-14)18(13-20)19(21)15-9-11-16(22-2)12-10-15/h3-13,17-18H,1H2,2H3. The molecule has 0 bridgehead atoms. The summed E-state index contributed by atoms with van der Waals surface area (Å²) in [7, 11) is 1.56. The normalized spacial score (nSPS) is 13.0. The number of Topliss-reactive ketones (excluding diaryl/α,β-unsaturated/α-hetero) is 1. The molecular formula is C19H18O3. The summed E-state index contributed by atoms with van der Waals surface area (Å²) < 4.78 is 5.08. The van der Waals surface area contributed by atoms with Gasteiger partial charge in [0.2, 0.25) is 0 Å². The molecule has 0 fully saturated rings. The van der Waals surface area contributed by atoms with Crippen LogP contribution in [0.15, 0.2) is 67.3 Å². The zero-order valence-corrected chi connectivity index (χ0v) is 12.4. The molecule has 0 saturated heterocycles. The number of ether oxygens (including phenoxy) is 1. The number of methoxy groups -OCH3 is 1. The molecule has 2 aromatic rings. The van der Waals surface area contributed by atoms with Gasteiger partial charge in [-0.05, 0) is 29.8 Å². The van der Waals surface area contributed by atoms with Gasteiger partial charge in [-0.15, -0.1) is 6.58 Å². The topological polar surface area (TPSA) is 43.4 Å². The molecule has 2 aromatic carbocycles. The quantitative estimate of drug-likeness (QED) is 0.339. The van der Waals surface area contributed by atoms with E-state index in [4.69, 9.17) is 4.74 Å². The summed E-state index contributed by atoms with van der Waals surface area (Å²) in [4.78, 5) is 24.2. The maximum Gasteiger partial charge on any atom is 0.173 e. The van der Waals surface area contributed by atoms with Gasteiger partial charge >= 0.3 is 0 Å². The first kappa shape index (κ1) is 15.7. The van der Waals surface area contributed by atoms with E-state index in [0.29, 0.717) is 17.6 Å². The van der Waals surface area contributed by atoms with Crippen LogP contribution >= 0.6 is 0 Å². The molecule has 0 heterocycles. The summed E-state index contributed by atoms with van der Waals surface area (Å²) >= 11 is 0. The molecule has 0 amide bonds. The van der Waals surface area contributed by atoms with E-state index in [1.165, 1.54) is 0 Å². The lowest BCUT2D eigenvalue weighted by atomic mass is 9.82. The largest absolute Gasteiger partial charge is 0.497 e. The van der Waals surface area contributed by atoms with Gasteiger partial charge in [-0.1, -0.05) is 36.4 Å². The van der Waals surface area contributed by atoms with Crippen molar-refractivity contribution < 1.29 is 14.3 Å². The van der Waals surface area contributed by atoms with Crippen molar-refractivity contribution in [3.8, 4) is 5.75 Å². The summed E-state index contributed by atoms with van der Waals surface area (Å²) in [6.07, 6.45) is 2.35. The highest BCUT2D eigenvalue weighted by Gasteiger charge is 2.28. The van der Waals surface area contributed by atoms with Crippen LogP contribution in [0.3, 0.4) is 0 Å². The molecule has 0 radical (unpaired) electrons. The number of allylic oxidation sites excluding steroid dienone is 1. The van der Waals surface area contributed by atoms with Crippen molar-refractivity contribution in [2.45, 2.75) is 5.92 Å². The zero-order valence-electron chi connectivity index (χ0n) is 12.4. The van der Waals surface area contributed by atoms with Crippen molar-refractivity contribution in [2.75, 3.05) is 7.11 Å². The minimum Gasteiger partial charge on any atom is -0.497 e. The van der Waals surface area contributed by atoms with Crippen LogP contribution in [-0.4, -0.2) is 19.2 Å². The molecule has 0 N–H and O–H groups in total. The van der Waals surface area contributed by atoms with Crippen LogP contribution in [0.25, 0.3) is 0 Å². The van der Waals surface area contributed by atoms with Crippen molar-refractivity contribution >= 4 is 12.1 Å². The van der Waals surface area contributed by atoms with Gasteiger partial charge in [0.1, 0.15) is 12.0 Å². The lowest BCUT2D eigenvalue weighted by molar-refractivity contribution is -0.110. The fraction of sp³-hybridized carbons (Fsp3) is 0.158. The maximum atomic E-state index is 12.6. The van der Waals surface area contributed by atoms with Gasteiger partial charge in [0.05, 0.1) is 13.0 Å². The van der Waals surface area contributed by atoms with E-state index in [1.807, 2.05) is 30.3 Å². The molecule has 0 aliphatic heterocycles. The number of aldehydes is 1. The lowest BCUT2D eigenvalue weighted by Gasteiger charge is -2.19. The third-order valence-electron chi connectivity index (χ3n) is 3.65. The fourth-order valence-electron chi connectivity index (χ4n) is 2.42. The minimum absolute atomic E-state index is 0.216. The van der Waals surface area contributed by atoms with Gasteiger partial charge in [-0.25, -0.2) is 0 Å². The predicted octanol–water partition coefficient (Wildman–Crippen LogP) is 3.66. The number of ketones is 1. The summed E-state index contributed by atoms with van der Waals surface area (Å²) in [5.41, 5.74) is 1.39. The molecule has 0 aliphatic carbocycles. The van der Waals surface area contributed by atoms with Gasteiger partial charge in [0.15, 0.2) is 5.78 Å². The molecule has 0 aliphatic rings. The molecule has 22 heavy (non-hydrogen) atoms. The Morgan fingerprint density at radius 3 is 2.23 bits per heavy atom. The van der Waals surface area contributed by atoms with Gasteiger partial charge < -0.3 is 9.53 Å². The van der Waals surface area contributed by atoms with Crippen LogP contribution in [0.1, 0.15) is 21.8 Å². The smallest absolute Gasteiger partial charge is 0.173 e. The minimum atomic E-state index is -0.784. The van der Waals surface area contributed by atoms with Gasteiger partial charge in [-0.3, -0.25) is 4.79 Å². The average Bonchev–Trinajstić information content (AvgIpc) is 2.59. The highest BCUT2D eigenvalue weighted by atomic mass is 16.5. The van der Waals surface area contributed by atoms with Crippen LogP contribution in [0.4, 0.5) is 0 Å². The van der Waals surface area contributed by atoms with E-state index < -0.39 is 5.92 Å². The second kappa shape index (κ2) is 7.36. The van der Waals surface area contributed by atoms with Crippen LogP contribution in [0.5, 0.6) is 5.75 Å². The molecular weight excluding hydrogens is 276 g/mol. The molecule has 3 heteroatoms. The monoisotopic (exact) mass is 294 g/mol. The second-order valence-electron chi connectivity index (χ2n) is 4.93. The molecule has 2 atom stereocenters. The van der Waals surface area contributed by atoms with Crippen LogP contribution < -0.4 is 4.74 Å². The van der Waals surface area contributed by atoms with Crippen LogP contribution in [0, 0.1) is 5.92 Å². The highest BCUT2D eigenvalue weighted by Crippen LogP contribution is 2.28. The zero-order chi connectivity index (χ0) is 15.9. The van der Waals surface area contributed by atoms with E-state index in [0.717, 1.165) is 5.56 Å². The van der Waals surface area contributed by atoms with Crippen LogP contribution in [-0.2, 0) is 4.79 Å². The Bertz CT molecular complexity index is 644. The SMILES string of the molecule is C=CC(c1ccccc1)C(C=O)C(=O)c1ccc(OC)cc1. The van der Waals surface area contributed by atoms with E-state index in [1.54, 1.807) is 37.5 Å². The van der Waals surface area contributed by atoms with E-state index in [-0.39, 0.29) is 11.7 Å². The van der Waals surface area contributed by atoms with Crippen molar-refractivity contribution in [1.82, 2.24) is 0 Å². The number of benzene rings is 2. The number of carbonyl (C=O) groups is 2. The third kappa shape index (κ3) is 3.31. The molecule has 0 spiro atoms. The first-order valence-electron chi connectivity index (χ1n) is 7.02. The first-order chi connectivity index (χ1) is 10.7. The van der Waals surface area contributed by atoms with Crippen LogP contribution in [0.2, 0.25) is 0 Å². The molecule has 0 aromatic heterocycles. The van der Waals surface area contributed by atoms with E-state index in [9.17, 15) is 9.59 Å². The summed E-state index contributed by atoms with van der Waals surface area (Å²) in [5, 5.41) is 0. The van der Waals surface area contributed by atoms with Crippen molar-refractivity contribution in [1.29, 1.82) is 0 Å². The Balaban J connectivity index is 2.30. The number of carbonyl (C=O) groups excluding carboxylic acids is 2. The second-order valence-corrected chi connectivity index (χ2v) is 4.93. The molecule has 2 unspecified atom stereocenters. The maximum absolute atomic E-state index is 12.6. The molecule has 3 nitrogen and oxygen atoms in total. The van der Waals surface area contributed by atoms with Gasteiger partial charge in [0.25, 0.3) is 0 Å². The van der Waals surface area contributed by atoms with E-state index in [2.05, 4.69) is 6.58 Å². The van der Waals surface area contributed by atoms with Crippen molar-refractivity contribution in [2.24, 2.45) is 5.92 Å².